The zero-order chi connectivity index (χ0) is 15.0. The first-order chi connectivity index (χ1) is 9.94. The molecule has 0 saturated heterocycles. The van der Waals surface area contributed by atoms with Crippen LogP contribution in [0.5, 0.6) is 0 Å². The Labute approximate surface area is 123 Å². The Kier molecular flexibility index (Phi) is 3.23. The second-order valence-corrected chi connectivity index (χ2v) is 6.20. The first kappa shape index (κ1) is 13.7. The lowest BCUT2D eigenvalue weighted by molar-refractivity contribution is 0.0514. The maximum atomic E-state index is 12.1. The summed E-state index contributed by atoms with van der Waals surface area (Å²) in [5, 5.41) is 4.39. The zero-order valence-electron chi connectivity index (χ0n) is 12.4. The standard InChI is InChI=1S/C15H18N4O2/c1-15(2,3)21-14(20)19-9-11(12(18-19)10-5-6-10)13-16-7-4-8-17-13/h4,7-10H,5-6H2,1-3H3. The molecule has 0 N–H and O–H groups in total. The Morgan fingerprint density at radius 2 is 1.95 bits per heavy atom. The van der Waals surface area contributed by atoms with Gasteiger partial charge in [0, 0.05) is 24.5 Å². The molecule has 0 aliphatic heterocycles. The Bertz CT molecular complexity index is 654. The summed E-state index contributed by atoms with van der Waals surface area (Å²) in [6, 6.07) is 1.76. The molecule has 21 heavy (non-hydrogen) atoms. The fourth-order valence-electron chi connectivity index (χ4n) is 2.06. The predicted molar refractivity (Wildman–Crippen MR) is 76.9 cm³/mol. The summed E-state index contributed by atoms with van der Waals surface area (Å²) in [5.74, 6) is 0.988. The molecule has 1 aliphatic rings. The summed E-state index contributed by atoms with van der Waals surface area (Å²) in [5.41, 5.74) is 1.14. The summed E-state index contributed by atoms with van der Waals surface area (Å²) >= 11 is 0. The van der Waals surface area contributed by atoms with E-state index in [0.717, 1.165) is 24.1 Å². The molecule has 1 saturated carbocycles. The predicted octanol–water partition coefficient (Wildman–Crippen LogP) is 3.00. The maximum Gasteiger partial charge on any atom is 0.435 e. The molecular formula is C15H18N4O2. The van der Waals surface area contributed by atoms with Gasteiger partial charge in [0.15, 0.2) is 5.82 Å². The molecular weight excluding hydrogens is 268 g/mol. The van der Waals surface area contributed by atoms with Gasteiger partial charge in [-0.3, -0.25) is 0 Å². The van der Waals surface area contributed by atoms with Crippen LogP contribution in [-0.2, 0) is 4.74 Å². The highest BCUT2D eigenvalue weighted by molar-refractivity contribution is 5.72. The molecule has 1 fully saturated rings. The summed E-state index contributed by atoms with van der Waals surface area (Å²) in [7, 11) is 0. The van der Waals surface area contributed by atoms with Gasteiger partial charge in [0.25, 0.3) is 0 Å². The minimum atomic E-state index is -0.549. The van der Waals surface area contributed by atoms with E-state index in [1.54, 1.807) is 24.7 Å². The first-order valence-electron chi connectivity index (χ1n) is 7.04. The number of hydrogen-bond acceptors (Lipinski definition) is 5. The second-order valence-electron chi connectivity index (χ2n) is 6.20. The van der Waals surface area contributed by atoms with Gasteiger partial charge in [0.05, 0.1) is 11.3 Å². The van der Waals surface area contributed by atoms with E-state index in [1.165, 1.54) is 4.68 Å². The average Bonchev–Trinajstić information content (AvgIpc) is 3.16. The van der Waals surface area contributed by atoms with Crippen molar-refractivity contribution < 1.29 is 9.53 Å². The van der Waals surface area contributed by atoms with E-state index in [2.05, 4.69) is 15.1 Å². The lowest BCUT2D eigenvalue weighted by Gasteiger charge is -2.18. The summed E-state index contributed by atoms with van der Waals surface area (Å²) in [6.07, 6.45) is 6.73. The SMILES string of the molecule is CC(C)(C)OC(=O)n1cc(-c2ncccn2)c(C2CC2)n1. The molecule has 0 atom stereocenters. The van der Waals surface area contributed by atoms with Crippen molar-refractivity contribution in [2.75, 3.05) is 0 Å². The minimum Gasteiger partial charge on any atom is -0.442 e. The first-order valence-corrected chi connectivity index (χ1v) is 7.04. The lowest BCUT2D eigenvalue weighted by atomic mass is 10.1. The molecule has 2 aromatic heterocycles. The minimum absolute atomic E-state index is 0.396. The largest absolute Gasteiger partial charge is 0.442 e. The number of carbonyl (C=O) groups is 1. The van der Waals surface area contributed by atoms with Gasteiger partial charge in [-0.25, -0.2) is 14.8 Å². The normalized spacial score (nSPS) is 15.0. The van der Waals surface area contributed by atoms with Gasteiger partial charge < -0.3 is 4.74 Å². The van der Waals surface area contributed by atoms with Gasteiger partial charge >= 0.3 is 6.09 Å². The number of ether oxygens (including phenoxy) is 1. The maximum absolute atomic E-state index is 12.1. The van der Waals surface area contributed by atoms with Crippen molar-refractivity contribution in [3.63, 3.8) is 0 Å². The number of aromatic nitrogens is 4. The summed E-state index contributed by atoms with van der Waals surface area (Å²) in [4.78, 5) is 20.6. The highest BCUT2D eigenvalue weighted by Crippen LogP contribution is 2.42. The monoisotopic (exact) mass is 286 g/mol. The van der Waals surface area contributed by atoms with E-state index in [4.69, 9.17) is 4.74 Å². The van der Waals surface area contributed by atoms with E-state index < -0.39 is 11.7 Å². The number of hydrogen-bond donors (Lipinski definition) is 0. The average molecular weight is 286 g/mol. The molecule has 6 heteroatoms. The van der Waals surface area contributed by atoms with Crippen LogP contribution in [0.4, 0.5) is 4.79 Å². The van der Waals surface area contributed by atoms with Crippen molar-refractivity contribution in [3.8, 4) is 11.4 Å². The molecule has 0 radical (unpaired) electrons. The van der Waals surface area contributed by atoms with Crippen LogP contribution in [0.1, 0.15) is 45.2 Å². The van der Waals surface area contributed by atoms with E-state index in [-0.39, 0.29) is 0 Å². The van der Waals surface area contributed by atoms with Crippen LogP contribution >= 0.6 is 0 Å². The van der Waals surface area contributed by atoms with Crippen LogP contribution in [0, 0.1) is 0 Å². The van der Waals surface area contributed by atoms with Crippen molar-refractivity contribution >= 4 is 6.09 Å². The Morgan fingerprint density at radius 1 is 1.29 bits per heavy atom. The molecule has 110 valence electrons. The van der Waals surface area contributed by atoms with E-state index in [1.807, 2.05) is 20.8 Å². The number of rotatable bonds is 2. The smallest absolute Gasteiger partial charge is 0.435 e. The van der Waals surface area contributed by atoms with Crippen molar-refractivity contribution in [1.82, 2.24) is 19.7 Å². The number of carbonyl (C=O) groups excluding carboxylic acids is 1. The van der Waals surface area contributed by atoms with Gasteiger partial charge in [0.1, 0.15) is 5.60 Å². The van der Waals surface area contributed by atoms with Crippen molar-refractivity contribution in [2.45, 2.75) is 45.1 Å². The van der Waals surface area contributed by atoms with E-state index in [9.17, 15) is 4.79 Å². The molecule has 0 unspecified atom stereocenters. The topological polar surface area (TPSA) is 69.9 Å². The Hall–Kier alpha value is -2.24. The molecule has 0 aromatic carbocycles. The molecule has 3 rings (SSSR count). The zero-order valence-corrected chi connectivity index (χ0v) is 12.4. The van der Waals surface area contributed by atoms with Gasteiger partial charge in [-0.15, -0.1) is 0 Å². The van der Waals surface area contributed by atoms with Crippen LogP contribution < -0.4 is 0 Å². The number of nitrogens with zero attached hydrogens (tertiary/aromatic N) is 4. The van der Waals surface area contributed by atoms with Crippen LogP contribution in [0.2, 0.25) is 0 Å². The third-order valence-corrected chi connectivity index (χ3v) is 3.09. The third kappa shape index (κ3) is 3.09. The Balaban J connectivity index is 1.96. The highest BCUT2D eigenvalue weighted by Gasteiger charge is 2.32. The molecule has 2 aromatic rings. The van der Waals surface area contributed by atoms with Crippen LogP contribution in [0.15, 0.2) is 24.7 Å². The molecule has 0 bridgehead atoms. The van der Waals surface area contributed by atoms with Gasteiger partial charge in [-0.05, 0) is 39.7 Å². The van der Waals surface area contributed by atoms with Crippen molar-refractivity contribution in [3.05, 3.63) is 30.4 Å². The van der Waals surface area contributed by atoms with E-state index in [0.29, 0.717) is 11.7 Å². The summed E-state index contributed by atoms with van der Waals surface area (Å²) < 4.78 is 6.60. The van der Waals surface area contributed by atoms with Crippen molar-refractivity contribution in [1.29, 1.82) is 0 Å². The molecule has 2 heterocycles. The molecule has 1 aliphatic carbocycles. The van der Waals surface area contributed by atoms with E-state index >= 15 is 0 Å². The summed E-state index contributed by atoms with van der Waals surface area (Å²) in [6.45, 7) is 5.49. The molecule has 6 nitrogen and oxygen atoms in total. The van der Waals surface area contributed by atoms with Gasteiger partial charge in [0.2, 0.25) is 0 Å². The van der Waals surface area contributed by atoms with Crippen molar-refractivity contribution in [2.24, 2.45) is 0 Å². The lowest BCUT2D eigenvalue weighted by Crippen LogP contribution is -2.27. The molecule has 0 spiro atoms. The van der Waals surface area contributed by atoms with Crippen LogP contribution in [0.3, 0.4) is 0 Å². The molecule has 0 amide bonds. The quantitative estimate of drug-likeness (QED) is 0.848. The van der Waals surface area contributed by atoms with Gasteiger partial charge in [-0.1, -0.05) is 0 Å². The Morgan fingerprint density at radius 3 is 2.52 bits per heavy atom. The van der Waals surface area contributed by atoms with Crippen LogP contribution in [0.25, 0.3) is 11.4 Å². The highest BCUT2D eigenvalue weighted by atomic mass is 16.6. The second kappa shape index (κ2) is 4.95. The van der Waals surface area contributed by atoms with Gasteiger partial charge in [-0.2, -0.15) is 9.78 Å². The van der Waals surface area contributed by atoms with Crippen LogP contribution in [-0.4, -0.2) is 31.4 Å². The third-order valence-electron chi connectivity index (χ3n) is 3.09. The fraction of sp³-hybridized carbons (Fsp3) is 0.467. The fourth-order valence-corrected chi connectivity index (χ4v) is 2.06.